The van der Waals surface area contributed by atoms with E-state index in [0.717, 1.165) is 16.5 Å². The highest BCUT2D eigenvalue weighted by Gasteiger charge is 2.05. The van der Waals surface area contributed by atoms with Gasteiger partial charge in [0.1, 0.15) is 12.7 Å². The first-order chi connectivity index (χ1) is 9.20. The Bertz CT molecular complexity index is 688. The number of hydrogen-bond acceptors (Lipinski definition) is 5. The van der Waals surface area contributed by atoms with Crippen LogP contribution < -0.4 is 5.73 Å². The van der Waals surface area contributed by atoms with Gasteiger partial charge >= 0.3 is 0 Å². The van der Waals surface area contributed by atoms with Crippen molar-refractivity contribution in [3.8, 4) is 6.07 Å². The average molecular weight is 254 g/mol. The molecule has 1 heterocycles. The molecule has 2 N–H and O–H groups in total. The Kier molecular flexibility index (Phi) is 3.69. The molecular weight excluding hydrogens is 244 g/mol. The maximum Gasteiger partial charge on any atom is 0.281 e. The van der Waals surface area contributed by atoms with Crippen molar-refractivity contribution in [2.45, 2.75) is 6.61 Å². The summed E-state index contributed by atoms with van der Waals surface area (Å²) in [5, 5.41) is 12.9. The summed E-state index contributed by atoms with van der Waals surface area (Å²) in [5.74, 6) is -0.912. The number of oxime groups is 1. The summed E-state index contributed by atoms with van der Waals surface area (Å²) >= 11 is 0. The normalized spacial score (nSPS) is 11.0. The number of carbonyl (C=O) groups is 1. The molecule has 6 heteroatoms. The summed E-state index contributed by atoms with van der Waals surface area (Å²) in [6.45, 7) is 0.142. The van der Waals surface area contributed by atoms with Crippen LogP contribution in [0.25, 0.3) is 10.9 Å². The van der Waals surface area contributed by atoms with E-state index in [1.54, 1.807) is 12.3 Å². The van der Waals surface area contributed by atoms with E-state index in [9.17, 15) is 4.79 Å². The lowest BCUT2D eigenvalue weighted by molar-refractivity contribution is -0.112. The fourth-order valence-electron chi connectivity index (χ4n) is 1.51. The van der Waals surface area contributed by atoms with Crippen molar-refractivity contribution in [1.29, 1.82) is 5.26 Å². The first-order valence-corrected chi connectivity index (χ1v) is 5.44. The predicted molar refractivity (Wildman–Crippen MR) is 68.8 cm³/mol. The largest absolute Gasteiger partial charge is 0.390 e. The number of amides is 1. The van der Waals surface area contributed by atoms with Crippen LogP contribution in [-0.2, 0) is 16.2 Å². The quantitative estimate of drug-likeness (QED) is 0.652. The molecule has 2 rings (SSSR count). The van der Waals surface area contributed by atoms with Crippen LogP contribution >= 0.6 is 0 Å². The molecule has 0 unspecified atom stereocenters. The number of aromatic nitrogens is 1. The fraction of sp³-hybridized carbons (Fsp3) is 0.0769. The first kappa shape index (κ1) is 12.5. The molecule has 0 saturated heterocycles. The Morgan fingerprint density at radius 2 is 2.32 bits per heavy atom. The van der Waals surface area contributed by atoms with Crippen LogP contribution in [0.15, 0.2) is 41.7 Å². The second-order valence-electron chi connectivity index (χ2n) is 3.72. The van der Waals surface area contributed by atoms with Crippen LogP contribution in [-0.4, -0.2) is 16.6 Å². The molecule has 0 saturated carbocycles. The minimum absolute atomic E-state index is 0.142. The van der Waals surface area contributed by atoms with E-state index in [0.29, 0.717) is 0 Å². The maximum absolute atomic E-state index is 10.7. The third-order valence-corrected chi connectivity index (χ3v) is 2.39. The summed E-state index contributed by atoms with van der Waals surface area (Å²) in [5.41, 5.74) is 6.20. The maximum atomic E-state index is 10.7. The number of pyridine rings is 1. The van der Waals surface area contributed by atoms with E-state index in [-0.39, 0.29) is 6.61 Å². The van der Waals surface area contributed by atoms with E-state index in [4.69, 9.17) is 15.8 Å². The van der Waals surface area contributed by atoms with Crippen molar-refractivity contribution in [2.75, 3.05) is 0 Å². The minimum atomic E-state index is -0.912. The lowest BCUT2D eigenvalue weighted by atomic mass is 10.1. The van der Waals surface area contributed by atoms with Gasteiger partial charge in [-0.05, 0) is 23.8 Å². The smallest absolute Gasteiger partial charge is 0.281 e. The van der Waals surface area contributed by atoms with Gasteiger partial charge in [0.15, 0.2) is 0 Å². The third-order valence-electron chi connectivity index (χ3n) is 2.39. The molecule has 19 heavy (non-hydrogen) atoms. The average Bonchev–Trinajstić information content (AvgIpc) is 2.43. The zero-order valence-electron chi connectivity index (χ0n) is 9.91. The number of fused-ring (bicyclic) bond motifs is 1. The van der Waals surface area contributed by atoms with Crippen molar-refractivity contribution in [3.05, 3.63) is 42.1 Å². The fourth-order valence-corrected chi connectivity index (χ4v) is 1.51. The highest BCUT2D eigenvalue weighted by atomic mass is 16.6. The van der Waals surface area contributed by atoms with E-state index < -0.39 is 11.6 Å². The number of nitrogens with two attached hydrogens (primary N) is 1. The monoisotopic (exact) mass is 254 g/mol. The Hall–Kier alpha value is -2.94. The number of primary amides is 1. The molecule has 1 aromatic heterocycles. The standard InChI is InChI=1S/C13H10N4O2/c14-7-12(13(15)18)17-19-8-9-3-4-11-10(6-9)2-1-5-16-11/h1-6H,8H2,(H2,15,18)/b17-12+. The Morgan fingerprint density at radius 3 is 3.05 bits per heavy atom. The molecule has 0 radical (unpaired) electrons. The Morgan fingerprint density at radius 1 is 1.47 bits per heavy atom. The van der Waals surface area contributed by atoms with Gasteiger partial charge in [0.05, 0.1) is 5.52 Å². The van der Waals surface area contributed by atoms with Gasteiger partial charge < -0.3 is 10.6 Å². The highest BCUT2D eigenvalue weighted by molar-refractivity contribution is 6.44. The number of carbonyl (C=O) groups excluding carboxylic acids is 1. The summed E-state index contributed by atoms with van der Waals surface area (Å²) in [6.07, 6.45) is 1.72. The molecule has 0 atom stereocenters. The minimum Gasteiger partial charge on any atom is -0.390 e. The molecule has 1 amide bonds. The summed E-state index contributed by atoms with van der Waals surface area (Å²) in [7, 11) is 0. The lowest BCUT2D eigenvalue weighted by Crippen LogP contribution is -2.21. The van der Waals surface area contributed by atoms with Crippen molar-refractivity contribution in [1.82, 2.24) is 4.98 Å². The van der Waals surface area contributed by atoms with Crippen molar-refractivity contribution in [2.24, 2.45) is 10.9 Å². The van der Waals surface area contributed by atoms with Crippen LogP contribution in [0, 0.1) is 11.3 Å². The van der Waals surface area contributed by atoms with Gasteiger partial charge in [-0.1, -0.05) is 17.3 Å². The van der Waals surface area contributed by atoms with Crippen LogP contribution in [0.3, 0.4) is 0 Å². The molecule has 94 valence electrons. The van der Waals surface area contributed by atoms with E-state index >= 15 is 0 Å². The molecule has 0 bridgehead atoms. The molecule has 0 aliphatic heterocycles. The molecule has 0 aliphatic carbocycles. The number of nitriles is 1. The van der Waals surface area contributed by atoms with Crippen molar-refractivity contribution in [3.63, 3.8) is 0 Å². The lowest BCUT2D eigenvalue weighted by Gasteiger charge is -2.02. The first-order valence-electron chi connectivity index (χ1n) is 5.44. The summed E-state index contributed by atoms with van der Waals surface area (Å²) in [4.78, 5) is 19.9. The zero-order valence-corrected chi connectivity index (χ0v) is 9.91. The van der Waals surface area contributed by atoms with Gasteiger partial charge in [0.25, 0.3) is 5.91 Å². The molecule has 0 spiro atoms. The number of rotatable bonds is 4. The van der Waals surface area contributed by atoms with Gasteiger partial charge in [-0.25, -0.2) is 0 Å². The second-order valence-corrected chi connectivity index (χ2v) is 3.72. The molecule has 2 aromatic rings. The summed E-state index contributed by atoms with van der Waals surface area (Å²) < 4.78 is 0. The van der Waals surface area contributed by atoms with Crippen molar-refractivity contribution < 1.29 is 9.63 Å². The zero-order chi connectivity index (χ0) is 13.7. The van der Waals surface area contributed by atoms with Gasteiger partial charge in [0.2, 0.25) is 5.71 Å². The number of nitrogens with zero attached hydrogens (tertiary/aromatic N) is 3. The van der Waals surface area contributed by atoms with Crippen molar-refractivity contribution >= 4 is 22.5 Å². The Labute approximate surface area is 109 Å². The molecule has 1 aromatic carbocycles. The molecular formula is C13H10N4O2. The topological polar surface area (TPSA) is 101 Å². The van der Waals surface area contributed by atoms with Crippen LogP contribution in [0.2, 0.25) is 0 Å². The van der Waals surface area contributed by atoms with E-state index in [1.165, 1.54) is 0 Å². The van der Waals surface area contributed by atoms with Gasteiger partial charge in [-0.2, -0.15) is 5.26 Å². The number of hydrogen-bond donors (Lipinski definition) is 1. The second kappa shape index (κ2) is 5.60. The third kappa shape index (κ3) is 3.04. The highest BCUT2D eigenvalue weighted by Crippen LogP contribution is 2.13. The van der Waals surface area contributed by atoms with Crippen LogP contribution in [0.4, 0.5) is 0 Å². The van der Waals surface area contributed by atoms with Gasteiger partial charge in [-0.3, -0.25) is 9.78 Å². The summed E-state index contributed by atoms with van der Waals surface area (Å²) in [6, 6.07) is 10.9. The van der Waals surface area contributed by atoms with Crippen LogP contribution in [0.5, 0.6) is 0 Å². The molecule has 6 nitrogen and oxygen atoms in total. The molecule has 0 fully saturated rings. The predicted octanol–water partition coefficient (Wildman–Crippen LogP) is 1.12. The van der Waals surface area contributed by atoms with Crippen LogP contribution in [0.1, 0.15) is 5.56 Å². The van der Waals surface area contributed by atoms with E-state index in [1.807, 2.05) is 30.3 Å². The Balaban J connectivity index is 2.10. The SMILES string of the molecule is N#C/C(=N\OCc1ccc2ncccc2c1)C(N)=O. The van der Waals surface area contributed by atoms with E-state index in [2.05, 4.69) is 10.1 Å². The van der Waals surface area contributed by atoms with Gasteiger partial charge in [-0.15, -0.1) is 0 Å². The number of benzene rings is 1. The molecule has 0 aliphatic rings. The van der Waals surface area contributed by atoms with Gasteiger partial charge in [0, 0.05) is 11.6 Å².